The van der Waals surface area contributed by atoms with Crippen molar-refractivity contribution in [1.29, 1.82) is 0 Å². The second-order valence-electron chi connectivity index (χ2n) is 7.69. The van der Waals surface area contributed by atoms with Crippen molar-refractivity contribution in [2.24, 2.45) is 0 Å². The predicted molar refractivity (Wildman–Crippen MR) is 95.1 cm³/mol. The van der Waals surface area contributed by atoms with Gasteiger partial charge in [0.1, 0.15) is 5.75 Å². The van der Waals surface area contributed by atoms with Gasteiger partial charge in [-0.1, -0.05) is 38.8 Å². The molecule has 1 saturated carbocycles. The summed E-state index contributed by atoms with van der Waals surface area (Å²) in [5.74, 6) is 0.529. The molecule has 1 aromatic carbocycles. The van der Waals surface area contributed by atoms with Gasteiger partial charge in [-0.15, -0.1) is 10.1 Å². The second kappa shape index (κ2) is 8.52. The number of aliphatic hydroxyl groups excluding tert-OH is 1. The van der Waals surface area contributed by atoms with Gasteiger partial charge in [0.05, 0.1) is 12.7 Å². The monoisotopic (exact) mass is 351 g/mol. The molecule has 2 rings (SSSR count). The number of aromatic hydroxyl groups is 1. The Morgan fingerprint density at radius 3 is 2.72 bits per heavy atom. The van der Waals surface area contributed by atoms with E-state index in [1.165, 1.54) is 0 Å². The quantitative estimate of drug-likeness (QED) is 0.418. The van der Waals surface area contributed by atoms with E-state index < -0.39 is 5.09 Å². The molecule has 0 bridgehead atoms. The Kier molecular flexibility index (Phi) is 6.64. The molecule has 1 aliphatic rings. The number of hydrogen-bond acceptors (Lipinski definition) is 5. The van der Waals surface area contributed by atoms with E-state index in [4.69, 9.17) is 0 Å². The minimum Gasteiger partial charge on any atom is -0.508 e. The van der Waals surface area contributed by atoms with Crippen molar-refractivity contribution in [1.82, 2.24) is 0 Å². The van der Waals surface area contributed by atoms with Gasteiger partial charge in [-0.2, -0.15) is 0 Å². The van der Waals surface area contributed by atoms with Crippen LogP contribution in [0.4, 0.5) is 0 Å². The summed E-state index contributed by atoms with van der Waals surface area (Å²) in [4.78, 5) is 14.5. The van der Waals surface area contributed by atoms with Crippen LogP contribution in [0.1, 0.15) is 75.8 Å². The summed E-state index contributed by atoms with van der Waals surface area (Å²) in [6.07, 6.45) is 5.60. The van der Waals surface area contributed by atoms with Crippen LogP contribution < -0.4 is 0 Å². The summed E-state index contributed by atoms with van der Waals surface area (Å²) in [5, 5.41) is 29.7. The standard InChI is InChI=1S/C19H29NO5/c1-19(2,10-3-4-11-25-20(23)24)15-8-9-17(18(22)13-15)14-6-5-7-16(21)12-14/h8-9,13-14,16,21-22H,3-7,10-12H2,1-2H3/t14-,16?/m0/s1. The highest BCUT2D eigenvalue weighted by atomic mass is 16.9. The van der Waals surface area contributed by atoms with Crippen molar-refractivity contribution in [2.45, 2.75) is 76.2 Å². The maximum atomic E-state index is 10.5. The van der Waals surface area contributed by atoms with Gasteiger partial charge < -0.3 is 15.1 Å². The van der Waals surface area contributed by atoms with Gasteiger partial charge >= 0.3 is 0 Å². The minimum absolute atomic E-state index is 0.122. The zero-order valence-electron chi connectivity index (χ0n) is 15.1. The molecule has 140 valence electrons. The van der Waals surface area contributed by atoms with Gasteiger partial charge in [-0.3, -0.25) is 0 Å². The summed E-state index contributed by atoms with van der Waals surface area (Å²) < 4.78 is 0. The van der Waals surface area contributed by atoms with Gasteiger partial charge in [-0.25, -0.2) is 0 Å². The third-order valence-corrected chi connectivity index (χ3v) is 5.29. The van der Waals surface area contributed by atoms with Crippen LogP contribution in [0.5, 0.6) is 5.75 Å². The zero-order chi connectivity index (χ0) is 18.4. The molecule has 1 aliphatic carbocycles. The van der Waals surface area contributed by atoms with Gasteiger partial charge in [0, 0.05) is 0 Å². The normalized spacial score (nSPS) is 21.1. The zero-order valence-corrected chi connectivity index (χ0v) is 15.1. The summed E-state index contributed by atoms with van der Waals surface area (Å²) in [6.45, 7) is 4.34. The highest BCUT2D eigenvalue weighted by Gasteiger charge is 2.26. The number of phenols is 1. The fourth-order valence-electron chi connectivity index (χ4n) is 3.71. The first-order valence-electron chi connectivity index (χ1n) is 9.08. The minimum atomic E-state index is -0.760. The first-order valence-corrected chi connectivity index (χ1v) is 9.08. The summed E-state index contributed by atoms with van der Waals surface area (Å²) in [6, 6.07) is 5.89. The smallest absolute Gasteiger partial charge is 0.294 e. The van der Waals surface area contributed by atoms with Crippen molar-refractivity contribution < 1.29 is 20.1 Å². The van der Waals surface area contributed by atoms with Crippen LogP contribution in [-0.2, 0) is 10.3 Å². The number of unbranched alkanes of at least 4 members (excludes halogenated alkanes) is 1. The molecule has 25 heavy (non-hydrogen) atoms. The third-order valence-electron chi connectivity index (χ3n) is 5.29. The molecular weight excluding hydrogens is 322 g/mol. The van der Waals surface area contributed by atoms with Crippen LogP contribution in [-0.4, -0.2) is 28.0 Å². The van der Waals surface area contributed by atoms with Crippen molar-refractivity contribution in [3.05, 3.63) is 39.4 Å². The Bertz CT molecular complexity index is 587. The van der Waals surface area contributed by atoms with Crippen LogP contribution >= 0.6 is 0 Å². The van der Waals surface area contributed by atoms with Crippen molar-refractivity contribution in [2.75, 3.05) is 6.61 Å². The first-order chi connectivity index (χ1) is 11.8. The first kappa shape index (κ1) is 19.5. The van der Waals surface area contributed by atoms with Gasteiger partial charge in [0.15, 0.2) is 0 Å². The van der Waals surface area contributed by atoms with Gasteiger partial charge in [-0.05, 0) is 60.6 Å². The summed E-state index contributed by atoms with van der Waals surface area (Å²) >= 11 is 0. The highest BCUT2D eigenvalue weighted by molar-refractivity contribution is 5.41. The number of benzene rings is 1. The number of nitrogens with zero attached hydrogens (tertiary/aromatic N) is 1. The molecule has 1 aromatic rings. The van der Waals surface area contributed by atoms with Crippen molar-refractivity contribution in [3.8, 4) is 5.75 Å². The second-order valence-corrected chi connectivity index (χ2v) is 7.69. The molecule has 0 aromatic heterocycles. The van der Waals surface area contributed by atoms with E-state index in [0.29, 0.717) is 18.6 Å². The predicted octanol–water partition coefficient (Wildman–Crippen LogP) is 4.07. The van der Waals surface area contributed by atoms with Crippen LogP contribution in [0, 0.1) is 10.1 Å². The number of aliphatic hydroxyl groups is 1. The SMILES string of the molecule is CC(C)(CCCCO[N+](=O)[O-])c1ccc([C@H]2CCCC(O)C2)c(O)c1. The van der Waals surface area contributed by atoms with Gasteiger partial charge in [0.25, 0.3) is 5.09 Å². The topological polar surface area (TPSA) is 92.8 Å². The molecule has 2 N–H and O–H groups in total. The number of phenolic OH excluding ortho intramolecular Hbond substituents is 1. The molecular formula is C19H29NO5. The van der Waals surface area contributed by atoms with Crippen LogP contribution in [0.2, 0.25) is 0 Å². The largest absolute Gasteiger partial charge is 0.508 e. The molecule has 6 heteroatoms. The van der Waals surface area contributed by atoms with E-state index >= 15 is 0 Å². The van der Waals surface area contributed by atoms with E-state index in [2.05, 4.69) is 24.8 Å². The van der Waals surface area contributed by atoms with E-state index in [1.54, 1.807) is 0 Å². The van der Waals surface area contributed by atoms with Crippen LogP contribution in [0.15, 0.2) is 18.2 Å². The van der Waals surface area contributed by atoms with E-state index in [1.807, 2.05) is 12.1 Å². The maximum absolute atomic E-state index is 10.5. The van der Waals surface area contributed by atoms with E-state index in [-0.39, 0.29) is 24.0 Å². The molecule has 0 radical (unpaired) electrons. The maximum Gasteiger partial charge on any atom is 0.294 e. The Morgan fingerprint density at radius 2 is 2.08 bits per heavy atom. The molecule has 1 fully saturated rings. The molecule has 0 amide bonds. The Morgan fingerprint density at radius 1 is 1.32 bits per heavy atom. The average molecular weight is 351 g/mol. The number of rotatable bonds is 8. The van der Waals surface area contributed by atoms with Crippen LogP contribution in [0.25, 0.3) is 0 Å². The lowest BCUT2D eigenvalue weighted by Crippen LogP contribution is -2.19. The lowest BCUT2D eigenvalue weighted by Gasteiger charge is -2.29. The summed E-state index contributed by atoms with van der Waals surface area (Å²) in [7, 11) is 0. The highest BCUT2D eigenvalue weighted by Crippen LogP contribution is 2.39. The molecule has 0 aliphatic heterocycles. The molecule has 2 atom stereocenters. The Labute approximate surface area is 148 Å². The van der Waals surface area contributed by atoms with Gasteiger partial charge in [0.2, 0.25) is 0 Å². The molecule has 1 unspecified atom stereocenters. The van der Waals surface area contributed by atoms with E-state index in [9.17, 15) is 20.3 Å². The molecule has 0 saturated heterocycles. The Balaban J connectivity index is 1.96. The lowest BCUT2D eigenvalue weighted by atomic mass is 9.77. The lowest BCUT2D eigenvalue weighted by molar-refractivity contribution is -0.757. The summed E-state index contributed by atoms with van der Waals surface area (Å²) in [5.41, 5.74) is 1.86. The molecule has 6 nitrogen and oxygen atoms in total. The van der Waals surface area contributed by atoms with Crippen molar-refractivity contribution in [3.63, 3.8) is 0 Å². The number of hydrogen-bond donors (Lipinski definition) is 2. The average Bonchev–Trinajstić information content (AvgIpc) is 2.54. The van der Waals surface area contributed by atoms with E-state index in [0.717, 1.165) is 43.2 Å². The molecule has 0 heterocycles. The fraction of sp³-hybridized carbons (Fsp3) is 0.684. The third kappa shape index (κ3) is 5.59. The molecule has 0 spiro atoms. The van der Waals surface area contributed by atoms with Crippen LogP contribution in [0.3, 0.4) is 0 Å². The fourth-order valence-corrected chi connectivity index (χ4v) is 3.71. The van der Waals surface area contributed by atoms with Crippen molar-refractivity contribution >= 4 is 0 Å². The Hall–Kier alpha value is -1.82.